The van der Waals surface area contributed by atoms with Gasteiger partial charge in [0.1, 0.15) is 11.4 Å². The number of rotatable bonds is 2. The van der Waals surface area contributed by atoms with Crippen LogP contribution in [0.25, 0.3) is 11.3 Å². The lowest BCUT2D eigenvalue weighted by molar-refractivity contribution is 0.207. The molecule has 1 N–H and O–H groups in total. The molecule has 0 unspecified atom stereocenters. The highest BCUT2D eigenvalue weighted by molar-refractivity contribution is 5.69. The van der Waals surface area contributed by atoms with Crippen molar-refractivity contribution in [3.05, 3.63) is 29.5 Å². The monoisotopic (exact) mass is 361 g/mol. The number of anilines is 1. The molecule has 0 aliphatic carbocycles. The van der Waals surface area contributed by atoms with Crippen molar-refractivity contribution in [1.82, 2.24) is 20.1 Å². The van der Waals surface area contributed by atoms with E-state index in [0.717, 1.165) is 44.6 Å². The number of likely N-dealkylation sites (tertiary alicyclic amines) is 1. The largest absolute Gasteiger partial charge is 0.507 e. The molecule has 0 bridgehead atoms. The van der Waals surface area contributed by atoms with Crippen LogP contribution in [0.1, 0.15) is 18.5 Å². The molecule has 1 aromatic carbocycles. The Morgan fingerprint density at radius 1 is 1.15 bits per heavy atom. The van der Waals surface area contributed by atoms with Crippen LogP contribution in [0.4, 0.5) is 14.7 Å². The lowest BCUT2D eigenvalue weighted by Crippen LogP contribution is -2.47. The minimum absolute atomic E-state index is 0.0553. The number of piperidine rings is 1. The third kappa shape index (κ3) is 2.78. The predicted molar refractivity (Wildman–Crippen MR) is 92.9 cm³/mol. The van der Waals surface area contributed by atoms with E-state index in [-0.39, 0.29) is 17.0 Å². The van der Waals surface area contributed by atoms with Crippen molar-refractivity contribution in [1.29, 1.82) is 0 Å². The highest BCUT2D eigenvalue weighted by Gasteiger charge is 2.39. The van der Waals surface area contributed by atoms with Gasteiger partial charge in [0.25, 0.3) is 0 Å². The van der Waals surface area contributed by atoms with Crippen molar-refractivity contribution >= 4 is 5.95 Å². The minimum atomic E-state index is -1.15. The minimum Gasteiger partial charge on any atom is -0.507 e. The number of halogens is 2. The van der Waals surface area contributed by atoms with Gasteiger partial charge in [-0.05, 0) is 51.4 Å². The smallest absolute Gasteiger partial charge is 0.245 e. The third-order valence-electron chi connectivity index (χ3n) is 5.48. The number of fused-ring (bicyclic) bond motifs is 1. The molecule has 2 atom stereocenters. The van der Waals surface area contributed by atoms with Crippen LogP contribution in [-0.2, 0) is 0 Å². The normalized spacial score (nSPS) is 23.3. The molecule has 138 valence electrons. The zero-order chi connectivity index (χ0) is 18.4. The Kier molecular flexibility index (Phi) is 4.22. The zero-order valence-corrected chi connectivity index (χ0v) is 14.8. The van der Waals surface area contributed by atoms with E-state index in [0.29, 0.717) is 23.6 Å². The number of benzene rings is 1. The van der Waals surface area contributed by atoms with Crippen LogP contribution >= 0.6 is 0 Å². The average molecular weight is 361 g/mol. The van der Waals surface area contributed by atoms with Gasteiger partial charge >= 0.3 is 0 Å². The number of aryl methyl sites for hydroxylation is 1. The molecule has 0 saturated carbocycles. The summed E-state index contributed by atoms with van der Waals surface area (Å²) in [7, 11) is 2.11. The van der Waals surface area contributed by atoms with E-state index in [2.05, 4.69) is 32.0 Å². The molecule has 2 fully saturated rings. The number of phenols is 1. The topological polar surface area (TPSA) is 65.4 Å². The number of phenolic OH excluding ortho intramolecular Hbond substituents is 1. The summed E-state index contributed by atoms with van der Waals surface area (Å²) in [6.45, 7) is 4.58. The van der Waals surface area contributed by atoms with Crippen molar-refractivity contribution in [2.45, 2.75) is 25.8 Å². The Labute approximate surface area is 150 Å². The number of hydrogen-bond acceptors (Lipinski definition) is 6. The molecule has 26 heavy (non-hydrogen) atoms. The number of likely N-dealkylation sites (N-methyl/N-ethyl adjacent to an activating group) is 1. The van der Waals surface area contributed by atoms with Gasteiger partial charge in [0.05, 0.1) is 11.3 Å². The number of aromatic nitrogens is 3. The van der Waals surface area contributed by atoms with Crippen LogP contribution in [0, 0.1) is 24.5 Å². The third-order valence-corrected chi connectivity index (χ3v) is 5.48. The van der Waals surface area contributed by atoms with Crippen LogP contribution in [0.5, 0.6) is 5.75 Å². The standard InChI is InChI=1S/C18H21F2N5O/c1-10-17(15-14(26)4-3-12(19)16(15)20)22-23-18(21-10)25-8-6-11-5-7-24(2)9-13(11)25/h3-4,11,13,26H,5-9H2,1-2H3/t11-,13-/m0/s1. The summed E-state index contributed by atoms with van der Waals surface area (Å²) in [4.78, 5) is 8.95. The first-order chi connectivity index (χ1) is 12.5. The summed E-state index contributed by atoms with van der Waals surface area (Å²) in [6, 6.07) is 2.33. The van der Waals surface area contributed by atoms with E-state index < -0.39 is 11.6 Å². The van der Waals surface area contributed by atoms with Gasteiger partial charge in [-0.1, -0.05) is 0 Å². The predicted octanol–water partition coefficient (Wildman–Crippen LogP) is 2.36. The maximum absolute atomic E-state index is 14.1. The van der Waals surface area contributed by atoms with Gasteiger partial charge in [-0.2, -0.15) is 0 Å². The molecule has 6 nitrogen and oxygen atoms in total. The first-order valence-corrected chi connectivity index (χ1v) is 8.79. The van der Waals surface area contributed by atoms with Gasteiger partial charge in [0, 0.05) is 19.1 Å². The second-order valence-corrected chi connectivity index (χ2v) is 7.16. The van der Waals surface area contributed by atoms with E-state index in [1.54, 1.807) is 6.92 Å². The Morgan fingerprint density at radius 3 is 2.69 bits per heavy atom. The van der Waals surface area contributed by atoms with Gasteiger partial charge in [-0.3, -0.25) is 0 Å². The molecule has 1 aromatic heterocycles. The molecule has 0 spiro atoms. The molecular formula is C18H21F2N5O. The molecule has 2 aromatic rings. The fourth-order valence-corrected chi connectivity index (χ4v) is 4.06. The van der Waals surface area contributed by atoms with Crippen molar-refractivity contribution < 1.29 is 13.9 Å². The quantitative estimate of drug-likeness (QED) is 0.886. The summed E-state index contributed by atoms with van der Waals surface area (Å²) in [5.74, 6) is -1.45. The molecule has 0 radical (unpaired) electrons. The van der Waals surface area contributed by atoms with E-state index in [4.69, 9.17) is 0 Å². The molecule has 2 saturated heterocycles. The fourth-order valence-electron chi connectivity index (χ4n) is 4.06. The van der Waals surface area contributed by atoms with Gasteiger partial charge in [-0.25, -0.2) is 13.8 Å². The Bertz CT molecular complexity index is 847. The second-order valence-electron chi connectivity index (χ2n) is 7.16. The van der Waals surface area contributed by atoms with Gasteiger partial charge in [-0.15, -0.1) is 10.2 Å². The second kappa shape index (κ2) is 6.42. The summed E-state index contributed by atoms with van der Waals surface area (Å²) in [6.07, 6.45) is 2.26. The van der Waals surface area contributed by atoms with Crippen molar-refractivity contribution in [3.63, 3.8) is 0 Å². The number of nitrogens with zero attached hydrogens (tertiary/aromatic N) is 5. The number of aromatic hydroxyl groups is 1. The van der Waals surface area contributed by atoms with Crippen LogP contribution in [0.3, 0.4) is 0 Å². The SMILES string of the molecule is Cc1nc(N2CC[C@@H]3CCN(C)C[C@@H]32)nnc1-c1c(O)ccc(F)c1F. The maximum atomic E-state index is 14.1. The van der Waals surface area contributed by atoms with Crippen LogP contribution in [0.2, 0.25) is 0 Å². The van der Waals surface area contributed by atoms with Gasteiger partial charge in [0.15, 0.2) is 11.6 Å². The van der Waals surface area contributed by atoms with Crippen LogP contribution in [-0.4, -0.2) is 57.9 Å². The fraction of sp³-hybridized carbons (Fsp3) is 0.500. The Balaban J connectivity index is 1.68. The van der Waals surface area contributed by atoms with E-state index in [9.17, 15) is 13.9 Å². The molecular weight excluding hydrogens is 340 g/mol. The van der Waals surface area contributed by atoms with Crippen molar-refractivity contribution in [2.75, 3.05) is 31.6 Å². The van der Waals surface area contributed by atoms with Crippen LogP contribution < -0.4 is 4.90 Å². The molecule has 2 aliphatic rings. The van der Waals surface area contributed by atoms with E-state index in [1.807, 2.05) is 0 Å². The molecule has 4 rings (SSSR count). The molecule has 0 amide bonds. The highest BCUT2D eigenvalue weighted by atomic mass is 19.2. The first kappa shape index (κ1) is 17.1. The van der Waals surface area contributed by atoms with Gasteiger partial charge in [0.2, 0.25) is 5.95 Å². The molecule has 8 heteroatoms. The first-order valence-electron chi connectivity index (χ1n) is 8.79. The summed E-state index contributed by atoms with van der Waals surface area (Å²) in [5, 5.41) is 18.2. The highest BCUT2D eigenvalue weighted by Crippen LogP contribution is 2.36. The Hall–Kier alpha value is -2.35. The van der Waals surface area contributed by atoms with E-state index in [1.165, 1.54) is 0 Å². The maximum Gasteiger partial charge on any atom is 0.245 e. The average Bonchev–Trinajstić information content (AvgIpc) is 3.03. The van der Waals surface area contributed by atoms with Crippen LogP contribution in [0.15, 0.2) is 12.1 Å². The lowest BCUT2D eigenvalue weighted by atomic mass is 9.92. The number of hydrogen-bond donors (Lipinski definition) is 1. The summed E-state index contributed by atoms with van der Waals surface area (Å²) in [5.41, 5.74) is 0.160. The van der Waals surface area contributed by atoms with E-state index >= 15 is 0 Å². The summed E-state index contributed by atoms with van der Waals surface area (Å²) >= 11 is 0. The molecule has 3 heterocycles. The lowest BCUT2D eigenvalue weighted by Gasteiger charge is -2.36. The van der Waals surface area contributed by atoms with Crippen molar-refractivity contribution in [3.8, 4) is 17.0 Å². The zero-order valence-electron chi connectivity index (χ0n) is 14.8. The molecule has 2 aliphatic heterocycles. The Morgan fingerprint density at radius 2 is 1.92 bits per heavy atom. The van der Waals surface area contributed by atoms with Gasteiger partial charge < -0.3 is 14.9 Å². The van der Waals surface area contributed by atoms with Crippen molar-refractivity contribution in [2.24, 2.45) is 5.92 Å². The summed E-state index contributed by atoms with van der Waals surface area (Å²) < 4.78 is 27.7.